The molecule has 2 aliphatic heterocycles. The summed E-state index contributed by atoms with van der Waals surface area (Å²) in [5, 5.41) is 13.3. The van der Waals surface area contributed by atoms with Gasteiger partial charge in [-0.3, -0.25) is 9.93 Å². The normalized spacial score (nSPS) is 17.1. The molecular formula is C30H42FN3O2. The number of allylic oxidation sites excluding steroid dienone is 9. The number of hydrogen-bond acceptors (Lipinski definition) is 5. The molecular weight excluding hydrogens is 453 g/mol. The van der Waals surface area contributed by atoms with Crippen molar-refractivity contribution in [3.63, 3.8) is 0 Å². The molecule has 2 heterocycles. The van der Waals surface area contributed by atoms with Gasteiger partial charge >= 0.3 is 5.97 Å². The Labute approximate surface area is 216 Å². The average Bonchev–Trinajstić information content (AvgIpc) is 3.02. The molecule has 2 aliphatic rings. The molecule has 0 aromatic heterocycles. The number of carbonyl (C=O) groups excluding carboxylic acids is 1. The smallest absolute Gasteiger partial charge is 0.349 e. The zero-order valence-electron chi connectivity index (χ0n) is 22.7. The van der Waals surface area contributed by atoms with Crippen LogP contribution in [0.2, 0.25) is 0 Å². The van der Waals surface area contributed by atoms with Gasteiger partial charge in [-0.1, -0.05) is 36.5 Å². The Morgan fingerprint density at radius 1 is 1.25 bits per heavy atom. The van der Waals surface area contributed by atoms with Crippen molar-refractivity contribution < 1.29 is 14.3 Å². The molecule has 0 fully saturated rings. The largest absolute Gasteiger partial charge is 0.388 e. The third-order valence-electron chi connectivity index (χ3n) is 6.94. The van der Waals surface area contributed by atoms with E-state index in [1.54, 1.807) is 0 Å². The highest BCUT2D eigenvalue weighted by Gasteiger charge is 2.20. The molecule has 0 saturated heterocycles. The fourth-order valence-electron chi connectivity index (χ4n) is 4.95. The van der Waals surface area contributed by atoms with Gasteiger partial charge in [0.15, 0.2) is 0 Å². The number of halogens is 1. The molecule has 6 heteroatoms. The quantitative estimate of drug-likeness (QED) is 0.170. The van der Waals surface area contributed by atoms with Crippen LogP contribution in [0.4, 0.5) is 4.53 Å². The monoisotopic (exact) mass is 495 g/mol. The van der Waals surface area contributed by atoms with Gasteiger partial charge in [0.2, 0.25) is 0 Å². The number of aliphatic imine (C=N–C) groups is 1. The Kier molecular flexibility index (Phi) is 12.4. The van der Waals surface area contributed by atoms with Crippen LogP contribution in [0.25, 0.3) is 0 Å². The van der Waals surface area contributed by atoms with Gasteiger partial charge in [0.25, 0.3) is 0 Å². The molecule has 0 amide bonds. The number of rotatable bonds is 12. The van der Waals surface area contributed by atoms with Crippen molar-refractivity contribution in [3.8, 4) is 6.07 Å². The lowest BCUT2D eigenvalue weighted by molar-refractivity contribution is -0.184. The zero-order chi connectivity index (χ0) is 26.5. The average molecular weight is 496 g/mol. The van der Waals surface area contributed by atoms with Crippen LogP contribution in [-0.2, 0) is 9.74 Å². The van der Waals surface area contributed by atoms with Crippen LogP contribution >= 0.6 is 0 Å². The second kappa shape index (κ2) is 15.2. The summed E-state index contributed by atoms with van der Waals surface area (Å²) < 4.78 is 12.5. The van der Waals surface area contributed by atoms with E-state index in [-0.39, 0.29) is 12.3 Å². The van der Waals surface area contributed by atoms with Crippen LogP contribution in [0.3, 0.4) is 0 Å². The van der Waals surface area contributed by atoms with Gasteiger partial charge in [0.05, 0.1) is 18.1 Å². The van der Waals surface area contributed by atoms with Crippen molar-refractivity contribution in [3.05, 3.63) is 57.5 Å². The Morgan fingerprint density at radius 3 is 2.67 bits per heavy atom. The first-order valence-corrected chi connectivity index (χ1v) is 13.2. The third kappa shape index (κ3) is 9.60. The maximum Gasteiger partial charge on any atom is 0.349 e. The Balaban J connectivity index is 1.94. The van der Waals surface area contributed by atoms with Crippen LogP contribution in [-0.4, -0.2) is 18.2 Å². The summed E-state index contributed by atoms with van der Waals surface area (Å²) in [6, 6.07) is 2.43. The number of nitriles is 1. The van der Waals surface area contributed by atoms with E-state index in [1.807, 2.05) is 13.1 Å². The first-order valence-electron chi connectivity index (χ1n) is 13.2. The molecule has 0 aromatic rings. The number of nitrogens with zero attached hydrogens (tertiary/aromatic N) is 2. The first kappa shape index (κ1) is 29.3. The van der Waals surface area contributed by atoms with Crippen molar-refractivity contribution >= 4 is 11.7 Å². The van der Waals surface area contributed by atoms with E-state index in [2.05, 4.69) is 61.2 Å². The van der Waals surface area contributed by atoms with Crippen molar-refractivity contribution in [1.82, 2.24) is 5.32 Å². The number of nitrogens with one attached hydrogen (secondary N) is 1. The SMILES string of the molecule is CC1=CC([C@@H](CCCCCCC(=C(C)C)/C(C#N)=C\C2=C(C)NCCC2)CC(=O)OF)=CN=C(C)C1. The van der Waals surface area contributed by atoms with Gasteiger partial charge in [0, 0.05) is 35.1 Å². The second-order valence-corrected chi connectivity index (χ2v) is 10.3. The highest BCUT2D eigenvalue weighted by atomic mass is 19.3. The molecule has 1 atom stereocenters. The molecule has 0 spiro atoms. The van der Waals surface area contributed by atoms with E-state index in [0.29, 0.717) is 0 Å². The van der Waals surface area contributed by atoms with Crippen molar-refractivity contribution in [2.45, 2.75) is 98.8 Å². The zero-order valence-corrected chi connectivity index (χ0v) is 22.7. The third-order valence-corrected chi connectivity index (χ3v) is 6.94. The molecule has 0 aliphatic carbocycles. The summed E-state index contributed by atoms with van der Waals surface area (Å²) >= 11 is 0. The molecule has 0 bridgehead atoms. The van der Waals surface area contributed by atoms with Gasteiger partial charge in [-0.2, -0.15) is 5.26 Å². The number of unbranched alkanes of at least 4 members (excludes halogenated alkanes) is 3. The van der Waals surface area contributed by atoms with Gasteiger partial charge < -0.3 is 5.32 Å². The second-order valence-electron chi connectivity index (χ2n) is 10.3. The van der Waals surface area contributed by atoms with Crippen LogP contribution < -0.4 is 5.32 Å². The van der Waals surface area contributed by atoms with E-state index in [9.17, 15) is 14.6 Å². The Bertz CT molecular complexity index is 1020. The predicted octanol–water partition coefficient (Wildman–Crippen LogP) is 7.90. The van der Waals surface area contributed by atoms with Crippen LogP contribution in [0.15, 0.2) is 62.5 Å². The van der Waals surface area contributed by atoms with Crippen LogP contribution in [0, 0.1) is 17.2 Å². The van der Waals surface area contributed by atoms with Gasteiger partial charge in [0.1, 0.15) is 0 Å². The minimum Gasteiger partial charge on any atom is -0.388 e. The molecule has 5 nitrogen and oxygen atoms in total. The summed E-state index contributed by atoms with van der Waals surface area (Å²) in [7, 11) is 0. The fourth-order valence-corrected chi connectivity index (χ4v) is 4.95. The summed E-state index contributed by atoms with van der Waals surface area (Å²) in [6.45, 7) is 11.3. The molecule has 2 rings (SSSR count). The molecule has 0 unspecified atom stereocenters. The lowest BCUT2D eigenvalue weighted by Gasteiger charge is -2.18. The van der Waals surface area contributed by atoms with Crippen LogP contribution in [0.5, 0.6) is 0 Å². The summed E-state index contributed by atoms with van der Waals surface area (Å²) in [4.78, 5) is 19.7. The summed E-state index contributed by atoms with van der Waals surface area (Å²) in [5.41, 5.74) is 8.68. The maximum absolute atomic E-state index is 12.5. The lowest BCUT2D eigenvalue weighted by atomic mass is 9.88. The van der Waals surface area contributed by atoms with Crippen molar-refractivity contribution in [1.29, 1.82) is 5.26 Å². The first-order chi connectivity index (χ1) is 17.2. The van der Waals surface area contributed by atoms with Gasteiger partial charge in [-0.25, -0.2) is 4.79 Å². The molecule has 36 heavy (non-hydrogen) atoms. The highest BCUT2D eigenvalue weighted by Crippen LogP contribution is 2.29. The molecule has 0 saturated carbocycles. The molecule has 1 N–H and O–H groups in total. The van der Waals surface area contributed by atoms with E-state index in [0.717, 1.165) is 86.8 Å². The predicted molar refractivity (Wildman–Crippen MR) is 145 cm³/mol. The van der Waals surface area contributed by atoms with Gasteiger partial charge in [-0.05, 0) is 95.4 Å². The van der Waals surface area contributed by atoms with E-state index in [4.69, 9.17) is 0 Å². The van der Waals surface area contributed by atoms with E-state index in [1.165, 1.54) is 22.4 Å². The Hall–Kier alpha value is -2.94. The van der Waals surface area contributed by atoms with Crippen molar-refractivity contribution in [2.24, 2.45) is 10.9 Å². The van der Waals surface area contributed by atoms with E-state index < -0.39 is 5.97 Å². The molecule has 0 aromatic carbocycles. The summed E-state index contributed by atoms with van der Waals surface area (Å²) in [6.07, 6.45) is 14.5. The number of carbonyl (C=O) groups is 1. The molecule has 196 valence electrons. The Morgan fingerprint density at radius 2 is 2.00 bits per heavy atom. The number of hydrogen-bond donors (Lipinski definition) is 1. The minimum absolute atomic E-state index is 0.0169. The fraction of sp³-hybridized carbons (Fsp3) is 0.567. The van der Waals surface area contributed by atoms with Crippen LogP contribution in [0.1, 0.15) is 98.8 Å². The van der Waals surface area contributed by atoms with Gasteiger partial charge in [-0.15, -0.1) is 0 Å². The topological polar surface area (TPSA) is 74.5 Å². The minimum atomic E-state index is -0.834. The highest BCUT2D eigenvalue weighted by molar-refractivity contribution is 5.85. The van der Waals surface area contributed by atoms with Crippen molar-refractivity contribution in [2.75, 3.05) is 6.54 Å². The lowest BCUT2D eigenvalue weighted by Crippen LogP contribution is -2.19. The molecule has 0 radical (unpaired) electrons. The summed E-state index contributed by atoms with van der Waals surface area (Å²) in [5.74, 6) is -0.945. The maximum atomic E-state index is 12.5. The van der Waals surface area contributed by atoms with E-state index >= 15 is 0 Å². The standard InChI is InChI=1S/C30H42FN3O2/c1-21(2)29(27(19-32)17-25-12-10-14-33-24(25)5)13-9-7-6-8-11-26(18-30(35)36-31)28-16-22(3)15-23(4)34-20-28/h16-17,20,26,33H,6-15,18H2,1-5H3/b27-17-/t26-/m0/s1.